The van der Waals surface area contributed by atoms with E-state index in [0.29, 0.717) is 29.2 Å². The third-order valence-electron chi connectivity index (χ3n) is 2.82. The number of aromatic nitrogens is 2. The first-order chi connectivity index (χ1) is 9.65. The van der Waals surface area contributed by atoms with Crippen LogP contribution in [0.4, 0.5) is 0 Å². The summed E-state index contributed by atoms with van der Waals surface area (Å²) in [5.41, 5.74) is 1.61. The molecule has 0 N–H and O–H groups in total. The Kier molecular flexibility index (Phi) is 5.21. The highest BCUT2D eigenvalue weighted by molar-refractivity contribution is 6.34. The third kappa shape index (κ3) is 3.41. The van der Waals surface area contributed by atoms with Crippen LogP contribution in [0.25, 0.3) is 11.4 Å². The van der Waals surface area contributed by atoms with Crippen LogP contribution in [0.15, 0.2) is 24.3 Å². The Hall–Kier alpha value is -1.32. The highest BCUT2D eigenvalue weighted by atomic mass is 35.5. The molecule has 1 aromatic carbocycles. The largest absolute Gasteiger partial charge is 0.494 e. The van der Waals surface area contributed by atoms with Crippen LogP contribution in [-0.2, 0) is 6.42 Å². The predicted molar refractivity (Wildman–Crippen MR) is 82.7 cm³/mol. The molecule has 1 aromatic heterocycles. The minimum Gasteiger partial charge on any atom is -0.494 e. The molecule has 0 saturated heterocycles. The van der Waals surface area contributed by atoms with E-state index in [1.54, 1.807) is 0 Å². The first-order valence-electron chi connectivity index (χ1n) is 6.60. The molecule has 0 bridgehead atoms. The molecule has 0 aliphatic carbocycles. The Labute approximate surface area is 128 Å². The number of hydrogen-bond acceptors (Lipinski definition) is 3. The van der Waals surface area contributed by atoms with Crippen molar-refractivity contribution in [3.05, 3.63) is 40.1 Å². The Morgan fingerprint density at radius 3 is 2.40 bits per heavy atom. The molecular formula is C15H16Cl2N2O. The van der Waals surface area contributed by atoms with Gasteiger partial charge in [-0.3, -0.25) is 0 Å². The fourth-order valence-electron chi connectivity index (χ4n) is 1.80. The molecule has 5 heteroatoms. The van der Waals surface area contributed by atoms with Gasteiger partial charge in [-0.15, -0.1) is 0 Å². The van der Waals surface area contributed by atoms with Crippen molar-refractivity contribution in [2.45, 2.75) is 26.7 Å². The molecule has 0 fully saturated rings. The highest BCUT2D eigenvalue weighted by Gasteiger charge is 2.11. The second-order valence-corrected chi connectivity index (χ2v) is 5.05. The molecular weight excluding hydrogens is 295 g/mol. The van der Waals surface area contributed by atoms with Crippen molar-refractivity contribution >= 4 is 23.2 Å². The lowest BCUT2D eigenvalue weighted by molar-refractivity contribution is 0.317. The van der Waals surface area contributed by atoms with Gasteiger partial charge in [-0.25, -0.2) is 9.97 Å². The molecule has 0 aliphatic heterocycles. The lowest BCUT2D eigenvalue weighted by atomic mass is 10.2. The van der Waals surface area contributed by atoms with Crippen molar-refractivity contribution in [2.75, 3.05) is 6.61 Å². The van der Waals surface area contributed by atoms with E-state index in [0.717, 1.165) is 23.3 Å². The molecule has 0 aliphatic rings. The summed E-state index contributed by atoms with van der Waals surface area (Å²) >= 11 is 12.3. The topological polar surface area (TPSA) is 35.0 Å². The number of rotatable bonds is 5. The van der Waals surface area contributed by atoms with Crippen LogP contribution in [-0.4, -0.2) is 16.6 Å². The summed E-state index contributed by atoms with van der Waals surface area (Å²) in [6.07, 6.45) is 1.67. The quantitative estimate of drug-likeness (QED) is 0.744. The number of ether oxygens (including phenoxy) is 1. The third-order valence-corrected chi connectivity index (χ3v) is 3.45. The van der Waals surface area contributed by atoms with Crippen LogP contribution in [0, 0.1) is 0 Å². The lowest BCUT2D eigenvalue weighted by Crippen LogP contribution is -1.98. The number of halogens is 2. The zero-order chi connectivity index (χ0) is 14.5. The van der Waals surface area contributed by atoms with Gasteiger partial charge in [-0.2, -0.15) is 0 Å². The smallest absolute Gasteiger partial charge is 0.162 e. The van der Waals surface area contributed by atoms with Crippen molar-refractivity contribution in [2.24, 2.45) is 0 Å². The van der Waals surface area contributed by atoms with Gasteiger partial charge in [0.2, 0.25) is 0 Å². The minimum absolute atomic E-state index is 0.405. The van der Waals surface area contributed by atoms with Crippen LogP contribution in [0.3, 0.4) is 0 Å². The van der Waals surface area contributed by atoms with E-state index in [1.165, 1.54) is 0 Å². The summed E-state index contributed by atoms with van der Waals surface area (Å²) in [4.78, 5) is 8.62. The first kappa shape index (κ1) is 15.1. The normalized spacial score (nSPS) is 10.6. The van der Waals surface area contributed by atoms with E-state index in [4.69, 9.17) is 27.9 Å². The molecule has 106 valence electrons. The maximum atomic E-state index is 6.14. The molecule has 20 heavy (non-hydrogen) atoms. The second kappa shape index (κ2) is 6.91. The molecule has 0 radical (unpaired) electrons. The minimum atomic E-state index is 0.405. The van der Waals surface area contributed by atoms with E-state index in [-0.39, 0.29) is 0 Å². The van der Waals surface area contributed by atoms with Crippen LogP contribution >= 0.6 is 23.2 Å². The van der Waals surface area contributed by atoms with Crippen molar-refractivity contribution in [3.8, 4) is 17.1 Å². The maximum absolute atomic E-state index is 6.14. The first-order valence-corrected chi connectivity index (χ1v) is 7.36. The summed E-state index contributed by atoms with van der Waals surface area (Å²) < 4.78 is 5.60. The molecule has 0 amide bonds. The predicted octanol–water partition coefficient (Wildman–Crippen LogP) is 4.80. The number of nitrogens with zero attached hydrogens (tertiary/aromatic N) is 2. The van der Waals surface area contributed by atoms with Gasteiger partial charge in [-0.05, 0) is 25.0 Å². The standard InChI is InChI=1S/C15H16Cl2N2O/c1-3-8-20-11-7-5-6-10(9-11)15-18-13(16)12(4-2)14(17)19-15/h5-7,9H,3-4,8H2,1-2H3. The molecule has 2 rings (SSSR count). The van der Waals surface area contributed by atoms with Crippen molar-refractivity contribution in [1.82, 2.24) is 9.97 Å². The molecule has 0 saturated carbocycles. The van der Waals surface area contributed by atoms with Crippen LogP contribution in [0.1, 0.15) is 25.8 Å². The maximum Gasteiger partial charge on any atom is 0.162 e. The summed E-state index contributed by atoms with van der Waals surface area (Å²) in [7, 11) is 0. The fraction of sp³-hybridized carbons (Fsp3) is 0.333. The highest BCUT2D eigenvalue weighted by Crippen LogP contribution is 2.27. The van der Waals surface area contributed by atoms with Gasteiger partial charge in [0.15, 0.2) is 5.82 Å². The molecule has 1 heterocycles. The van der Waals surface area contributed by atoms with Gasteiger partial charge in [0.25, 0.3) is 0 Å². The SMILES string of the molecule is CCCOc1cccc(-c2nc(Cl)c(CC)c(Cl)n2)c1. The monoisotopic (exact) mass is 310 g/mol. The summed E-state index contributed by atoms with van der Waals surface area (Å²) in [6, 6.07) is 7.61. The van der Waals surface area contributed by atoms with Crippen LogP contribution < -0.4 is 4.74 Å². The molecule has 3 nitrogen and oxygen atoms in total. The van der Waals surface area contributed by atoms with Gasteiger partial charge in [0.1, 0.15) is 16.1 Å². The zero-order valence-corrected chi connectivity index (χ0v) is 13.0. The lowest BCUT2D eigenvalue weighted by Gasteiger charge is -2.08. The summed E-state index contributed by atoms with van der Waals surface area (Å²) in [5, 5.41) is 0.810. The molecule has 0 atom stereocenters. The average Bonchev–Trinajstić information content (AvgIpc) is 2.45. The van der Waals surface area contributed by atoms with E-state index in [9.17, 15) is 0 Å². The Morgan fingerprint density at radius 1 is 1.10 bits per heavy atom. The summed E-state index contributed by atoms with van der Waals surface area (Å²) in [6.45, 7) is 4.71. The van der Waals surface area contributed by atoms with Crippen molar-refractivity contribution in [1.29, 1.82) is 0 Å². The summed E-state index contributed by atoms with van der Waals surface area (Å²) in [5.74, 6) is 1.30. The zero-order valence-electron chi connectivity index (χ0n) is 11.5. The molecule has 0 spiro atoms. The van der Waals surface area contributed by atoms with Gasteiger partial charge in [0, 0.05) is 11.1 Å². The van der Waals surface area contributed by atoms with E-state index >= 15 is 0 Å². The Bertz CT molecular complexity index is 579. The average molecular weight is 311 g/mol. The number of benzene rings is 1. The van der Waals surface area contributed by atoms with E-state index in [1.807, 2.05) is 31.2 Å². The van der Waals surface area contributed by atoms with Crippen molar-refractivity contribution in [3.63, 3.8) is 0 Å². The Morgan fingerprint density at radius 2 is 1.80 bits per heavy atom. The second-order valence-electron chi connectivity index (χ2n) is 4.34. The molecule has 0 unspecified atom stereocenters. The van der Waals surface area contributed by atoms with E-state index in [2.05, 4.69) is 16.9 Å². The van der Waals surface area contributed by atoms with Gasteiger partial charge in [-0.1, -0.05) is 49.2 Å². The van der Waals surface area contributed by atoms with Gasteiger partial charge >= 0.3 is 0 Å². The van der Waals surface area contributed by atoms with E-state index < -0.39 is 0 Å². The van der Waals surface area contributed by atoms with Crippen LogP contribution in [0.5, 0.6) is 5.75 Å². The van der Waals surface area contributed by atoms with Crippen molar-refractivity contribution < 1.29 is 4.74 Å². The van der Waals surface area contributed by atoms with Gasteiger partial charge < -0.3 is 4.74 Å². The molecule has 2 aromatic rings. The fourth-order valence-corrected chi connectivity index (χ4v) is 2.45. The number of hydrogen-bond donors (Lipinski definition) is 0. The van der Waals surface area contributed by atoms with Crippen LogP contribution in [0.2, 0.25) is 10.3 Å². The Balaban J connectivity index is 2.36. The van der Waals surface area contributed by atoms with Gasteiger partial charge in [0.05, 0.1) is 6.61 Å².